The molecule has 2 aromatic carbocycles. The van der Waals surface area contributed by atoms with Crippen molar-refractivity contribution in [2.24, 2.45) is 0 Å². The van der Waals surface area contributed by atoms with Gasteiger partial charge < -0.3 is 4.74 Å². The molecule has 0 bridgehead atoms. The average molecular weight is 439 g/mol. The molecular weight excluding hydrogens is 416 g/mol. The number of benzene rings is 2. The molecule has 0 N–H and O–H groups in total. The summed E-state index contributed by atoms with van der Waals surface area (Å²) in [4.78, 5) is 26.3. The summed E-state index contributed by atoms with van der Waals surface area (Å²) in [5, 5.41) is 4.26. The fraction of sp³-hybridized carbons (Fsp3) is 0.261. The lowest BCUT2D eigenvalue weighted by Gasteiger charge is -2.13. The Morgan fingerprint density at radius 1 is 1.06 bits per heavy atom. The quantitative estimate of drug-likeness (QED) is 0.447. The number of rotatable bonds is 5. The van der Waals surface area contributed by atoms with Gasteiger partial charge in [0.1, 0.15) is 5.56 Å². The number of carbonyl (C=O) groups is 2. The summed E-state index contributed by atoms with van der Waals surface area (Å²) in [5.41, 5.74) is 2.18. The maximum absolute atomic E-state index is 13.4. The number of ketones is 1. The van der Waals surface area contributed by atoms with Crippen LogP contribution in [-0.2, 0) is 16.3 Å². The number of ether oxygens (including phenoxy) is 1. The van der Waals surface area contributed by atoms with Crippen molar-refractivity contribution in [1.82, 2.24) is 9.78 Å². The van der Waals surface area contributed by atoms with Crippen molar-refractivity contribution < 1.29 is 22.7 Å². The molecule has 7 nitrogen and oxygen atoms in total. The molecule has 0 aliphatic carbocycles. The van der Waals surface area contributed by atoms with Gasteiger partial charge in [0.25, 0.3) is 0 Å². The molecule has 0 radical (unpaired) electrons. The van der Waals surface area contributed by atoms with Crippen molar-refractivity contribution >= 4 is 21.6 Å². The molecule has 160 valence electrons. The third-order valence-electron chi connectivity index (χ3n) is 5.44. The lowest BCUT2D eigenvalue weighted by Crippen LogP contribution is -2.16. The van der Waals surface area contributed by atoms with Crippen LogP contribution in [0.5, 0.6) is 5.88 Å². The van der Waals surface area contributed by atoms with Crippen LogP contribution in [0.2, 0.25) is 0 Å². The van der Waals surface area contributed by atoms with E-state index in [9.17, 15) is 18.0 Å². The molecule has 3 aromatic rings. The molecule has 0 saturated heterocycles. The smallest absolute Gasteiger partial charge is 0.344 e. The number of esters is 1. The van der Waals surface area contributed by atoms with Gasteiger partial charge in [-0.1, -0.05) is 18.2 Å². The molecule has 2 heterocycles. The van der Waals surface area contributed by atoms with Gasteiger partial charge in [0.15, 0.2) is 15.6 Å². The van der Waals surface area contributed by atoms with Gasteiger partial charge in [-0.25, -0.2) is 17.9 Å². The third kappa shape index (κ3) is 3.67. The highest BCUT2D eigenvalue weighted by atomic mass is 32.2. The van der Waals surface area contributed by atoms with E-state index >= 15 is 0 Å². The molecule has 1 aliphatic heterocycles. The molecule has 0 saturated carbocycles. The minimum atomic E-state index is -3.29. The fourth-order valence-corrected chi connectivity index (χ4v) is 5.37. The first-order valence-electron chi connectivity index (χ1n) is 9.95. The molecule has 1 aromatic heterocycles. The Hall–Kier alpha value is -3.26. The van der Waals surface area contributed by atoms with Crippen LogP contribution >= 0.6 is 0 Å². The predicted octanol–water partition coefficient (Wildman–Crippen LogP) is 3.55. The Kier molecular flexibility index (Phi) is 5.26. The molecule has 0 fully saturated rings. The lowest BCUT2D eigenvalue weighted by molar-refractivity contribution is 0.0714. The van der Waals surface area contributed by atoms with Gasteiger partial charge in [-0.15, -0.1) is 0 Å². The minimum absolute atomic E-state index is 0.0477. The first-order chi connectivity index (χ1) is 14.7. The van der Waals surface area contributed by atoms with Gasteiger partial charge in [-0.05, 0) is 62.6 Å². The second-order valence-electron chi connectivity index (χ2n) is 7.77. The van der Waals surface area contributed by atoms with Gasteiger partial charge in [0.2, 0.25) is 5.88 Å². The summed E-state index contributed by atoms with van der Waals surface area (Å²) < 4.78 is 31.5. The Morgan fingerprint density at radius 3 is 2.45 bits per heavy atom. The lowest BCUT2D eigenvalue weighted by atomic mass is 9.95. The Bertz CT molecular complexity index is 1290. The Morgan fingerprint density at radius 2 is 1.77 bits per heavy atom. The van der Waals surface area contributed by atoms with Gasteiger partial charge >= 0.3 is 5.97 Å². The summed E-state index contributed by atoms with van der Waals surface area (Å²) in [7, 11) is -3.29. The maximum atomic E-state index is 13.4. The standard InChI is InChI=1S/C23H22N2O5S/c1-14(2)25-22(30-23(27)16-7-5-4-6-8-16)19(13-24-25)21(26)18-9-10-20-17(15(18)3)11-12-31(20,28)29/h4-10,13-14H,11-12H2,1-3H3. The van der Waals surface area contributed by atoms with E-state index in [2.05, 4.69) is 5.10 Å². The first-order valence-corrected chi connectivity index (χ1v) is 11.6. The van der Waals surface area contributed by atoms with Crippen LogP contribution in [0.1, 0.15) is 57.3 Å². The number of hydrogen-bond donors (Lipinski definition) is 0. The van der Waals surface area contributed by atoms with Crippen LogP contribution in [0, 0.1) is 6.92 Å². The van der Waals surface area contributed by atoms with Crippen LogP contribution in [0.25, 0.3) is 0 Å². The summed E-state index contributed by atoms with van der Waals surface area (Å²) in [6, 6.07) is 11.4. The second-order valence-corrected chi connectivity index (χ2v) is 9.85. The second kappa shape index (κ2) is 7.77. The topological polar surface area (TPSA) is 95.3 Å². The molecule has 0 unspecified atom stereocenters. The van der Waals surface area contributed by atoms with Crippen LogP contribution in [-0.4, -0.2) is 35.7 Å². The van der Waals surface area contributed by atoms with Crippen molar-refractivity contribution in [2.75, 3.05) is 5.75 Å². The highest BCUT2D eigenvalue weighted by Gasteiger charge is 2.31. The molecule has 8 heteroatoms. The van der Waals surface area contributed by atoms with Crippen LogP contribution in [0.15, 0.2) is 53.6 Å². The van der Waals surface area contributed by atoms with E-state index in [4.69, 9.17) is 4.74 Å². The summed E-state index contributed by atoms with van der Waals surface area (Å²) in [5.74, 6) is -0.839. The number of fused-ring (bicyclic) bond motifs is 1. The van der Waals surface area contributed by atoms with E-state index < -0.39 is 15.8 Å². The number of carbonyl (C=O) groups excluding carboxylic acids is 2. The normalized spacial score (nSPS) is 14.5. The van der Waals surface area contributed by atoms with Crippen LogP contribution in [0.4, 0.5) is 0 Å². The average Bonchev–Trinajstić information content (AvgIpc) is 3.29. The summed E-state index contributed by atoms with van der Waals surface area (Å²) >= 11 is 0. The van der Waals surface area contributed by atoms with Crippen molar-refractivity contribution in [2.45, 2.75) is 38.1 Å². The number of nitrogens with zero attached hydrogens (tertiary/aromatic N) is 2. The van der Waals surface area contributed by atoms with Crippen LogP contribution in [0.3, 0.4) is 0 Å². The predicted molar refractivity (Wildman–Crippen MR) is 114 cm³/mol. The van der Waals surface area contributed by atoms with Crippen molar-refractivity contribution in [3.63, 3.8) is 0 Å². The molecular formula is C23H22N2O5S. The fourth-order valence-electron chi connectivity index (χ4n) is 3.77. The molecule has 1 aliphatic rings. The number of hydrogen-bond acceptors (Lipinski definition) is 6. The van der Waals surface area contributed by atoms with Crippen LogP contribution < -0.4 is 4.74 Å². The van der Waals surface area contributed by atoms with Gasteiger partial charge in [0, 0.05) is 5.56 Å². The molecule has 0 amide bonds. The van der Waals surface area contributed by atoms with Crippen molar-refractivity contribution in [1.29, 1.82) is 0 Å². The van der Waals surface area contributed by atoms with Crippen molar-refractivity contribution in [3.8, 4) is 5.88 Å². The summed E-state index contributed by atoms with van der Waals surface area (Å²) in [6.45, 7) is 5.48. The van der Waals surface area contributed by atoms with Gasteiger partial charge in [0.05, 0.1) is 28.5 Å². The van der Waals surface area contributed by atoms with Crippen molar-refractivity contribution in [3.05, 3.63) is 76.5 Å². The molecule has 0 spiro atoms. The maximum Gasteiger partial charge on any atom is 0.344 e. The zero-order valence-corrected chi connectivity index (χ0v) is 18.3. The number of aromatic nitrogens is 2. The van der Waals surface area contributed by atoms with E-state index in [0.717, 1.165) is 0 Å². The largest absolute Gasteiger partial charge is 0.403 e. The zero-order valence-electron chi connectivity index (χ0n) is 17.5. The molecule has 4 rings (SSSR count). The monoisotopic (exact) mass is 438 g/mol. The SMILES string of the molecule is Cc1c(C(=O)c2cnn(C(C)C)c2OC(=O)c2ccccc2)ccc2c1CCS2(=O)=O. The number of sulfone groups is 1. The minimum Gasteiger partial charge on any atom is -0.403 e. The third-order valence-corrected chi connectivity index (χ3v) is 7.23. The van der Waals surface area contributed by atoms with Gasteiger partial charge in [-0.3, -0.25) is 4.79 Å². The first kappa shape index (κ1) is 21.0. The van der Waals surface area contributed by atoms with E-state index in [-0.39, 0.29) is 33.9 Å². The van der Waals surface area contributed by atoms with E-state index in [1.165, 1.54) is 23.0 Å². The van der Waals surface area contributed by atoms with Gasteiger partial charge in [-0.2, -0.15) is 5.10 Å². The van der Waals surface area contributed by atoms with E-state index in [1.807, 2.05) is 13.8 Å². The summed E-state index contributed by atoms with van der Waals surface area (Å²) in [6.07, 6.45) is 1.77. The highest BCUT2D eigenvalue weighted by molar-refractivity contribution is 7.91. The van der Waals surface area contributed by atoms with E-state index in [0.29, 0.717) is 28.7 Å². The molecule has 0 atom stereocenters. The molecule has 31 heavy (non-hydrogen) atoms. The Labute approximate surface area is 180 Å². The Balaban J connectivity index is 1.76. The highest BCUT2D eigenvalue weighted by Crippen LogP contribution is 2.33. The zero-order chi connectivity index (χ0) is 22.3. The van der Waals surface area contributed by atoms with E-state index in [1.54, 1.807) is 37.3 Å².